The van der Waals surface area contributed by atoms with Crippen LogP contribution in [0.4, 0.5) is 0 Å². The molecule has 0 aromatic carbocycles. The quantitative estimate of drug-likeness (QED) is 0.232. The third-order valence-electron chi connectivity index (χ3n) is 2.46. The van der Waals surface area contributed by atoms with Crippen molar-refractivity contribution in [2.75, 3.05) is 0 Å². The van der Waals surface area contributed by atoms with Gasteiger partial charge in [0.15, 0.2) is 0 Å². The number of nitrogens with zero attached hydrogens (tertiary/aromatic N) is 3. The van der Waals surface area contributed by atoms with Gasteiger partial charge in [0.25, 0.3) is 0 Å². The number of hydrogen-bond acceptors (Lipinski definition) is 1. The molecule has 82 valence electrons. The molecule has 0 radical (unpaired) electrons. The third-order valence-corrected chi connectivity index (χ3v) is 2.46. The molecule has 0 amide bonds. The highest BCUT2D eigenvalue weighted by Gasteiger charge is 2.13. The number of unbranched alkanes of at least 4 members (excludes halogenated alkanes) is 5. The number of azide groups is 1. The number of rotatable bonds is 8. The molecule has 0 atom stereocenters. The predicted octanol–water partition coefficient (Wildman–Crippen LogP) is 4.83. The summed E-state index contributed by atoms with van der Waals surface area (Å²) in [7, 11) is 0. The van der Waals surface area contributed by atoms with Crippen LogP contribution in [0.15, 0.2) is 5.11 Å². The minimum atomic E-state index is -0.195. The van der Waals surface area contributed by atoms with Crippen molar-refractivity contribution in [3.8, 4) is 0 Å². The molecule has 0 aliphatic rings. The first-order valence-electron chi connectivity index (χ1n) is 5.68. The molecule has 0 rings (SSSR count). The second kappa shape index (κ2) is 7.69. The van der Waals surface area contributed by atoms with Gasteiger partial charge in [-0.2, -0.15) is 0 Å². The molecule has 0 saturated heterocycles. The van der Waals surface area contributed by atoms with Gasteiger partial charge in [0.05, 0.1) is 0 Å². The van der Waals surface area contributed by atoms with Crippen LogP contribution < -0.4 is 0 Å². The molecule has 0 aromatic rings. The molecule has 0 aliphatic carbocycles. The fourth-order valence-electron chi connectivity index (χ4n) is 1.51. The van der Waals surface area contributed by atoms with Gasteiger partial charge in [0.2, 0.25) is 0 Å². The fraction of sp³-hybridized carbons (Fsp3) is 1.00. The summed E-state index contributed by atoms with van der Waals surface area (Å²) >= 11 is 0. The Hall–Kier alpha value is -0.690. The van der Waals surface area contributed by atoms with E-state index in [4.69, 9.17) is 5.53 Å². The fourth-order valence-corrected chi connectivity index (χ4v) is 1.51. The molecule has 14 heavy (non-hydrogen) atoms. The van der Waals surface area contributed by atoms with Crippen LogP contribution in [0.25, 0.3) is 10.4 Å². The van der Waals surface area contributed by atoms with E-state index in [-0.39, 0.29) is 5.54 Å². The molecule has 0 fully saturated rings. The molecule has 3 nitrogen and oxygen atoms in total. The van der Waals surface area contributed by atoms with Crippen LogP contribution in [-0.4, -0.2) is 5.54 Å². The lowest BCUT2D eigenvalue weighted by Crippen LogP contribution is -2.14. The summed E-state index contributed by atoms with van der Waals surface area (Å²) < 4.78 is 0. The van der Waals surface area contributed by atoms with E-state index in [9.17, 15) is 0 Å². The maximum absolute atomic E-state index is 8.33. The summed E-state index contributed by atoms with van der Waals surface area (Å²) in [6, 6.07) is 0. The van der Waals surface area contributed by atoms with Gasteiger partial charge in [-0.15, -0.1) is 0 Å². The third kappa shape index (κ3) is 7.93. The Labute approximate surface area is 87.5 Å². The average Bonchev–Trinajstić information content (AvgIpc) is 2.11. The zero-order valence-electron chi connectivity index (χ0n) is 9.79. The molecule has 0 spiro atoms. The smallest absolute Gasteiger partial charge is 0.0432 e. The van der Waals surface area contributed by atoms with Crippen molar-refractivity contribution in [2.45, 2.75) is 71.3 Å². The van der Waals surface area contributed by atoms with Crippen molar-refractivity contribution in [1.82, 2.24) is 0 Å². The first-order valence-corrected chi connectivity index (χ1v) is 5.68. The zero-order valence-corrected chi connectivity index (χ0v) is 9.79. The first-order chi connectivity index (χ1) is 6.62. The monoisotopic (exact) mass is 197 g/mol. The summed E-state index contributed by atoms with van der Waals surface area (Å²) in [6.07, 6.45) is 8.76. The van der Waals surface area contributed by atoms with Crippen molar-refractivity contribution in [2.24, 2.45) is 5.11 Å². The summed E-state index contributed by atoms with van der Waals surface area (Å²) in [5.41, 5.74) is 8.14. The van der Waals surface area contributed by atoms with Gasteiger partial charge in [-0.25, -0.2) is 0 Å². The van der Waals surface area contributed by atoms with Crippen molar-refractivity contribution in [1.29, 1.82) is 0 Å². The summed E-state index contributed by atoms with van der Waals surface area (Å²) in [5.74, 6) is 0. The molecule has 0 bridgehead atoms. The Bertz CT molecular complexity index is 181. The van der Waals surface area contributed by atoms with E-state index in [2.05, 4.69) is 16.9 Å². The zero-order chi connectivity index (χ0) is 10.9. The van der Waals surface area contributed by atoms with Crippen molar-refractivity contribution >= 4 is 0 Å². The molecule has 0 heterocycles. The summed E-state index contributed by atoms with van der Waals surface area (Å²) in [4.78, 5) is 2.86. The topological polar surface area (TPSA) is 48.8 Å². The van der Waals surface area contributed by atoms with Crippen molar-refractivity contribution in [3.05, 3.63) is 10.4 Å². The molecule has 3 heteroatoms. The molecular formula is C11H23N3. The molecule has 0 aliphatic heterocycles. The van der Waals surface area contributed by atoms with E-state index in [0.717, 1.165) is 6.42 Å². The second-order valence-corrected chi connectivity index (χ2v) is 4.52. The SMILES string of the molecule is CCCCCCCCC(C)(C)N=[N+]=[N-]. The van der Waals surface area contributed by atoms with Crippen LogP contribution >= 0.6 is 0 Å². The largest absolute Gasteiger partial charge is 0.0878 e. The van der Waals surface area contributed by atoms with Crippen LogP contribution in [0.3, 0.4) is 0 Å². The molecule has 0 aromatic heterocycles. The van der Waals surface area contributed by atoms with Crippen LogP contribution in [0.5, 0.6) is 0 Å². The van der Waals surface area contributed by atoms with Gasteiger partial charge in [-0.05, 0) is 12.0 Å². The minimum absolute atomic E-state index is 0.195. The van der Waals surface area contributed by atoms with E-state index in [1.165, 1.54) is 38.5 Å². The number of hydrogen-bond donors (Lipinski definition) is 0. The van der Waals surface area contributed by atoms with Gasteiger partial charge < -0.3 is 0 Å². The van der Waals surface area contributed by atoms with Crippen molar-refractivity contribution < 1.29 is 0 Å². The highest BCUT2D eigenvalue weighted by atomic mass is 15.2. The Morgan fingerprint density at radius 1 is 1.07 bits per heavy atom. The van der Waals surface area contributed by atoms with Crippen LogP contribution in [-0.2, 0) is 0 Å². The maximum atomic E-state index is 8.33. The summed E-state index contributed by atoms with van der Waals surface area (Å²) in [6.45, 7) is 6.22. The Morgan fingerprint density at radius 3 is 2.21 bits per heavy atom. The lowest BCUT2D eigenvalue weighted by molar-refractivity contribution is 0.440. The lowest BCUT2D eigenvalue weighted by atomic mass is 9.97. The standard InChI is InChI=1S/C11H23N3/c1-4-5-6-7-8-9-10-11(2,3)13-14-12/h4-10H2,1-3H3. The Morgan fingerprint density at radius 2 is 1.64 bits per heavy atom. The lowest BCUT2D eigenvalue weighted by Gasteiger charge is -2.16. The van der Waals surface area contributed by atoms with E-state index >= 15 is 0 Å². The predicted molar refractivity (Wildman–Crippen MR) is 61.2 cm³/mol. The molecular weight excluding hydrogens is 174 g/mol. The first kappa shape index (κ1) is 13.3. The Kier molecular flexibility index (Phi) is 7.31. The van der Waals surface area contributed by atoms with Crippen molar-refractivity contribution in [3.63, 3.8) is 0 Å². The second-order valence-electron chi connectivity index (χ2n) is 4.52. The Balaban J connectivity index is 3.39. The maximum Gasteiger partial charge on any atom is 0.0432 e. The van der Waals surface area contributed by atoms with Crippen LogP contribution in [0.1, 0.15) is 65.7 Å². The van der Waals surface area contributed by atoms with Gasteiger partial charge in [-0.3, -0.25) is 0 Å². The van der Waals surface area contributed by atoms with E-state index in [1.807, 2.05) is 13.8 Å². The van der Waals surface area contributed by atoms with Gasteiger partial charge in [0.1, 0.15) is 0 Å². The van der Waals surface area contributed by atoms with Crippen LogP contribution in [0.2, 0.25) is 0 Å². The molecule has 0 saturated carbocycles. The summed E-state index contributed by atoms with van der Waals surface area (Å²) in [5, 5.41) is 3.77. The van der Waals surface area contributed by atoms with E-state index in [1.54, 1.807) is 0 Å². The highest BCUT2D eigenvalue weighted by Crippen LogP contribution is 2.19. The van der Waals surface area contributed by atoms with Gasteiger partial charge in [0, 0.05) is 10.5 Å². The van der Waals surface area contributed by atoms with E-state index in [0.29, 0.717) is 0 Å². The normalized spacial score (nSPS) is 11.1. The highest BCUT2D eigenvalue weighted by molar-refractivity contribution is 4.77. The molecule has 0 N–H and O–H groups in total. The average molecular weight is 197 g/mol. The molecule has 0 unspecified atom stereocenters. The van der Waals surface area contributed by atoms with Gasteiger partial charge >= 0.3 is 0 Å². The van der Waals surface area contributed by atoms with E-state index < -0.39 is 0 Å². The minimum Gasteiger partial charge on any atom is -0.0878 e. The van der Waals surface area contributed by atoms with Gasteiger partial charge in [-0.1, -0.05) is 64.4 Å². The van der Waals surface area contributed by atoms with Crippen LogP contribution in [0, 0.1) is 0 Å².